The zero-order valence-corrected chi connectivity index (χ0v) is 72.6. The molecule has 0 saturated carbocycles. The average Bonchev–Trinajstić information content (AvgIpc) is 0.792. The third-order valence-electron chi connectivity index (χ3n) is 16.4. The van der Waals surface area contributed by atoms with E-state index in [-0.39, 0.29) is 98.2 Å². The average molecular weight is 2170 g/mol. The monoisotopic (exact) mass is 2170 g/mol. The number of methoxy groups -OCH3 is 2. The van der Waals surface area contributed by atoms with Crippen molar-refractivity contribution in [3.63, 3.8) is 0 Å². The van der Waals surface area contributed by atoms with Crippen LogP contribution >= 0.6 is 0 Å². The van der Waals surface area contributed by atoms with Gasteiger partial charge in [-0.05, 0) is 119 Å². The van der Waals surface area contributed by atoms with Crippen molar-refractivity contribution >= 4 is 23.3 Å². The molecule has 0 saturated heterocycles. The van der Waals surface area contributed by atoms with Gasteiger partial charge in [0.2, 0.25) is 0 Å². The summed E-state index contributed by atoms with van der Waals surface area (Å²) in [5, 5.41) is 12.5. The predicted octanol–water partition coefficient (Wildman–Crippen LogP) is 21.3. The van der Waals surface area contributed by atoms with Crippen molar-refractivity contribution in [2.75, 3.05) is 52.2 Å². The maximum absolute atomic E-state index is 14.3. The summed E-state index contributed by atoms with van der Waals surface area (Å²) in [5.41, 5.74) is 17.0. The van der Waals surface area contributed by atoms with E-state index in [4.69, 9.17) is 38.6 Å². The van der Waals surface area contributed by atoms with Gasteiger partial charge >= 0.3 is 11.9 Å². The maximum atomic E-state index is 14.3. The van der Waals surface area contributed by atoms with E-state index in [1.807, 2.05) is 232 Å². The quantitative estimate of drug-likeness (QED) is 0.0559. The Bertz CT molecular complexity index is 5690. The van der Waals surface area contributed by atoms with Gasteiger partial charge in [0.15, 0.2) is 0 Å². The fourth-order valence-corrected chi connectivity index (χ4v) is 10.7. The number of hydrogen-bond donors (Lipinski definition) is 0. The van der Waals surface area contributed by atoms with Gasteiger partial charge in [-0.25, -0.2) is 19.6 Å². The molecule has 0 bridgehead atoms. The van der Waals surface area contributed by atoms with Gasteiger partial charge in [-0.1, -0.05) is 111 Å². The molecule has 0 aliphatic rings. The summed E-state index contributed by atoms with van der Waals surface area (Å²) in [6, 6.07) is 100. The minimum atomic E-state index is -0.713. The summed E-state index contributed by atoms with van der Waals surface area (Å²) < 4.78 is 62.7. The van der Waals surface area contributed by atoms with Crippen molar-refractivity contribution < 1.29 is 96.9 Å². The molecule has 627 valence electrons. The SMILES string of the molecule is C.C.CN(C)c1ccnc(-c2cc(N(C)C)cc(-c3cccc(-c4[c-]cc(F)cc4F)n3)n2)c1.COC(=O)c1ccnc(-c2[c-]cccc2)c1.COC(=O)c1ccnc(-c2[c-]cccc2)c1.Fc1c[c-]c(-c2ccccn2)c(F)c1.[C-]#N.[C-]#N.[Ir].[Ir].[Ir].[c-]1ccccc1-c1cccc(-c2cccc(-c3ccccn3)n2)n1.[c-]1ccccc1-c1ccccn1. The molecular weight excluding hydrogens is 2090 g/mol. The number of carbonyl (C=O) groups is 2. The van der Waals surface area contributed by atoms with Crippen LogP contribution in [0.2, 0.25) is 0 Å². The third-order valence-corrected chi connectivity index (χ3v) is 16.4. The molecule has 25 heteroatoms. The van der Waals surface area contributed by atoms with Crippen LogP contribution in [0.3, 0.4) is 0 Å². The summed E-state index contributed by atoms with van der Waals surface area (Å²) >= 11 is 0. The Kier molecular flexibility index (Phi) is 44.1. The zero-order chi connectivity index (χ0) is 84.0. The summed E-state index contributed by atoms with van der Waals surface area (Å²) in [7, 11) is 10.5. The zero-order valence-electron chi connectivity index (χ0n) is 65.4. The number of ether oxygens (including phenoxy) is 2. The molecule has 0 aliphatic carbocycles. The smallest absolute Gasteiger partial charge is 0.337 e. The van der Waals surface area contributed by atoms with Crippen molar-refractivity contribution in [3.05, 3.63) is 400 Å². The number of aromatic nitrogens is 10. The molecule has 0 atom stereocenters. The Hall–Kier alpha value is -14.0. The fourth-order valence-electron chi connectivity index (χ4n) is 10.7. The number of anilines is 2. The topological polar surface area (TPSA) is 236 Å². The molecule has 0 amide bonds. The van der Waals surface area contributed by atoms with E-state index >= 15 is 0 Å². The second-order valence-corrected chi connectivity index (χ2v) is 24.7. The van der Waals surface area contributed by atoms with E-state index in [0.717, 1.165) is 97.8 Å². The Labute approximate surface area is 755 Å². The number of nitrogens with zero attached hydrogens (tertiary/aromatic N) is 14. The fraction of sp³-hybridized carbons (Fsp3) is 0.0816. The van der Waals surface area contributed by atoms with Crippen molar-refractivity contribution in [1.82, 2.24) is 49.8 Å². The Morgan fingerprint density at radius 3 is 1.02 bits per heavy atom. The molecule has 10 aromatic heterocycles. The molecule has 10 heterocycles. The molecule has 0 spiro atoms. The Morgan fingerprint density at radius 2 is 0.618 bits per heavy atom. The standard InChI is InChI=1S/C25H22F2N5.C21H14N3.2C13H10NO2.C11H6F2N.C11H8N.2CN.2CH4.3Ir/c1-31(2)17-10-11-28-23(13-17)25-15-18(32(3)4)14-24(30-25)22-7-5-6-21(29-22)19-9-8-16(26)12-20(19)27;1-2-8-16(9-3-1)17-11-6-13-20(23-17)21-14-7-12-19(24-21)18-10-4-5-15-22-18;2*1-16-13(15)11-7-8-14-12(9-11)10-5-3-2-4-6-10;12-8-4-5-9(10(13)7-8)11-3-1-2-6-14-11;1-2-6-10(7-3-1)11-8-4-5-9-12-11;2*1-2;;;;;/h5-8,10-15H,1-4H3;1-8,10-15H;2*2-5,7-9H,1H3;1-4,6-7H;1-6,8-9H;;;2*1H4;;;/q8*-1;;;;;. The molecule has 0 N–H and O–H groups in total. The number of rotatable bonds is 14. The Balaban J connectivity index is 0.000000314. The van der Waals surface area contributed by atoms with Crippen molar-refractivity contribution in [2.45, 2.75) is 14.9 Å². The first kappa shape index (κ1) is 101. The second-order valence-electron chi connectivity index (χ2n) is 24.7. The van der Waals surface area contributed by atoms with Crippen molar-refractivity contribution in [3.8, 4) is 113 Å². The molecule has 3 radical (unpaired) electrons. The van der Waals surface area contributed by atoms with Crippen LogP contribution in [0.1, 0.15) is 35.6 Å². The van der Waals surface area contributed by atoms with E-state index in [0.29, 0.717) is 51.0 Å². The van der Waals surface area contributed by atoms with Gasteiger partial charge in [0.25, 0.3) is 0 Å². The molecule has 16 rings (SSSR count). The first-order valence-corrected chi connectivity index (χ1v) is 35.7. The second kappa shape index (κ2) is 53.5. The molecule has 18 nitrogen and oxygen atoms in total. The maximum Gasteiger partial charge on any atom is 0.337 e. The van der Waals surface area contributed by atoms with Gasteiger partial charge in [0, 0.05) is 160 Å². The molecule has 123 heavy (non-hydrogen) atoms. The van der Waals surface area contributed by atoms with Crippen LogP contribution in [0.25, 0.3) is 113 Å². The first-order valence-electron chi connectivity index (χ1n) is 35.7. The normalized spacial score (nSPS) is 9.54. The first-order chi connectivity index (χ1) is 57.6. The van der Waals surface area contributed by atoms with Crippen LogP contribution < -0.4 is 9.80 Å². The van der Waals surface area contributed by atoms with Crippen molar-refractivity contribution in [1.29, 1.82) is 10.5 Å². The summed E-state index contributed by atoms with van der Waals surface area (Å²) in [6.07, 6.45) is 10.0. The number of benzene rings is 6. The van der Waals surface area contributed by atoms with Gasteiger partial charge < -0.3 is 62.9 Å². The van der Waals surface area contributed by atoms with Crippen molar-refractivity contribution in [2.24, 2.45) is 0 Å². The predicted molar refractivity (Wildman–Crippen MR) is 459 cm³/mol. The molecule has 0 unspecified atom stereocenters. The number of pyridine rings is 10. The van der Waals surface area contributed by atoms with Gasteiger partial charge in [-0.2, -0.15) is 0 Å². The summed E-state index contributed by atoms with van der Waals surface area (Å²) in [5.74, 6) is -3.40. The number of carbonyl (C=O) groups excluding carboxylic acids is 2. The van der Waals surface area contributed by atoms with Crippen LogP contribution in [0.4, 0.5) is 28.9 Å². The van der Waals surface area contributed by atoms with E-state index in [9.17, 15) is 27.2 Å². The molecule has 6 aromatic carbocycles. The number of hydrogen-bond acceptors (Lipinski definition) is 18. The molecule has 16 aromatic rings. The van der Waals surface area contributed by atoms with Gasteiger partial charge in [0.1, 0.15) is 0 Å². The molecule has 0 fully saturated rings. The van der Waals surface area contributed by atoms with Crippen LogP contribution in [-0.4, -0.2) is 104 Å². The van der Waals surface area contributed by atoms with E-state index < -0.39 is 23.3 Å². The van der Waals surface area contributed by atoms with Crippen LogP contribution in [-0.2, 0) is 69.8 Å². The minimum absolute atomic E-state index is 0. The van der Waals surface area contributed by atoms with Crippen LogP contribution in [0, 0.1) is 83.3 Å². The van der Waals surface area contributed by atoms with E-state index in [1.54, 1.807) is 97.8 Å². The number of esters is 2. The van der Waals surface area contributed by atoms with E-state index in [2.05, 4.69) is 80.8 Å². The van der Waals surface area contributed by atoms with Gasteiger partial charge in [0.05, 0.1) is 70.9 Å². The largest absolute Gasteiger partial charge is 0.512 e. The van der Waals surface area contributed by atoms with Gasteiger partial charge in [-0.15, -0.1) is 168 Å². The van der Waals surface area contributed by atoms with E-state index in [1.165, 1.54) is 14.2 Å². The summed E-state index contributed by atoms with van der Waals surface area (Å²) in [4.78, 5) is 70.9. The summed E-state index contributed by atoms with van der Waals surface area (Å²) in [6.45, 7) is 9.50. The minimum Gasteiger partial charge on any atom is -0.512 e. The van der Waals surface area contributed by atoms with Crippen LogP contribution in [0.15, 0.2) is 316 Å². The van der Waals surface area contributed by atoms with Gasteiger partial charge in [-0.3, -0.25) is 37.5 Å². The third kappa shape index (κ3) is 30.3. The molecule has 0 aliphatic heterocycles. The number of halogens is 4. The Morgan fingerprint density at radius 1 is 0.309 bits per heavy atom. The molecular formula is C98H78F4Ir3N14O4-8. The van der Waals surface area contributed by atoms with Crippen LogP contribution in [0.5, 0.6) is 0 Å².